The summed E-state index contributed by atoms with van der Waals surface area (Å²) in [6.07, 6.45) is 0. The first-order chi connectivity index (χ1) is 24.3. The first kappa shape index (κ1) is 27.7. The van der Waals surface area contributed by atoms with Gasteiger partial charge >= 0.3 is 0 Å². The number of hydrogen-bond donors (Lipinski definition) is 0. The molecule has 9 aromatic rings. The normalized spacial score (nSPS) is 12.0. The molecule has 0 saturated carbocycles. The van der Waals surface area contributed by atoms with Crippen molar-refractivity contribution < 1.29 is 0 Å². The topological polar surface area (TPSA) is 3.24 Å². The summed E-state index contributed by atoms with van der Waals surface area (Å²) in [7, 11) is 0. The summed E-state index contributed by atoms with van der Waals surface area (Å²) in [4.78, 5) is 2.42. The molecule has 1 aliphatic heterocycles. The highest BCUT2D eigenvalue weighted by molar-refractivity contribution is 6.25. The predicted molar refractivity (Wildman–Crippen MR) is 209 cm³/mol. The molecule has 9 aromatic carbocycles. The third-order valence-corrected chi connectivity index (χ3v) is 10.2. The number of para-hydroxylation sites is 2. The minimum atomic E-state index is 1.15. The van der Waals surface area contributed by atoms with Gasteiger partial charge in [0.1, 0.15) is 0 Å². The predicted octanol–water partition coefficient (Wildman–Crippen LogP) is 13.6. The Balaban J connectivity index is 1.10. The van der Waals surface area contributed by atoms with Crippen LogP contribution in [0.25, 0.3) is 76.8 Å². The summed E-state index contributed by atoms with van der Waals surface area (Å²) < 4.78 is 0. The van der Waals surface area contributed by atoms with Crippen molar-refractivity contribution in [3.8, 4) is 44.5 Å². The molecule has 1 heteroatoms. The summed E-state index contributed by atoms with van der Waals surface area (Å²) in [5.74, 6) is 0. The van der Waals surface area contributed by atoms with E-state index in [4.69, 9.17) is 0 Å². The van der Waals surface area contributed by atoms with E-state index in [1.165, 1.54) is 88.2 Å². The maximum atomic E-state index is 2.42. The van der Waals surface area contributed by atoms with Crippen molar-refractivity contribution in [2.24, 2.45) is 0 Å². The van der Waals surface area contributed by atoms with Crippen molar-refractivity contribution in [3.05, 3.63) is 188 Å². The molecule has 0 amide bonds. The average molecular weight is 622 g/mol. The van der Waals surface area contributed by atoms with Crippen LogP contribution in [0.2, 0.25) is 0 Å². The zero-order chi connectivity index (χ0) is 32.3. The lowest BCUT2D eigenvalue weighted by atomic mass is 9.91. The number of benzene rings is 9. The van der Waals surface area contributed by atoms with Crippen LogP contribution in [0.3, 0.4) is 0 Å². The van der Waals surface area contributed by atoms with Gasteiger partial charge in [-0.25, -0.2) is 0 Å². The van der Waals surface area contributed by atoms with Crippen molar-refractivity contribution >= 4 is 49.4 Å². The summed E-state index contributed by atoms with van der Waals surface area (Å²) in [6.45, 7) is 0. The van der Waals surface area contributed by atoms with Gasteiger partial charge in [-0.3, -0.25) is 0 Å². The lowest BCUT2D eigenvalue weighted by molar-refractivity contribution is 1.29. The monoisotopic (exact) mass is 621 g/mol. The standard InChI is InChI=1S/C48H31N/c1-2-12-36(13-3-1)49-47-21-11-10-20-44(47)40-17-7-8-18-41(40)45-29-27-35(31-48(45)49)33-24-22-32(23-25-33)34-26-28-43-39-16-5-4-14-37(39)38-15-6-9-19-42(38)46(43)30-34/h1-31H. The SMILES string of the molecule is c1ccc(N2c3ccccc3-c3ccccc3-c3ccc(-c4ccc(-c5ccc6c7ccccc7c7ccccc7c6c5)cc4)cc32)cc1. The van der Waals surface area contributed by atoms with Crippen LogP contribution < -0.4 is 4.90 Å². The van der Waals surface area contributed by atoms with Crippen LogP contribution in [-0.4, -0.2) is 0 Å². The Bertz CT molecular complexity index is 2670. The second kappa shape index (κ2) is 11.1. The zero-order valence-corrected chi connectivity index (χ0v) is 26.8. The summed E-state index contributed by atoms with van der Waals surface area (Å²) in [6, 6.07) is 68.8. The van der Waals surface area contributed by atoms with Crippen LogP contribution in [0.15, 0.2) is 188 Å². The smallest absolute Gasteiger partial charge is 0.0546 e. The second-order valence-corrected chi connectivity index (χ2v) is 12.9. The molecule has 0 N–H and O–H groups in total. The van der Waals surface area contributed by atoms with E-state index in [1.807, 2.05) is 0 Å². The third kappa shape index (κ3) is 4.40. The molecular weight excluding hydrogens is 591 g/mol. The van der Waals surface area contributed by atoms with Crippen molar-refractivity contribution in [3.63, 3.8) is 0 Å². The molecule has 0 aromatic heterocycles. The Labute approximate surface area is 286 Å². The average Bonchev–Trinajstić information content (AvgIpc) is 3.30. The quantitative estimate of drug-likeness (QED) is 0.177. The molecule has 1 nitrogen and oxygen atoms in total. The van der Waals surface area contributed by atoms with E-state index in [0.29, 0.717) is 0 Å². The maximum absolute atomic E-state index is 2.42. The van der Waals surface area contributed by atoms with Gasteiger partial charge in [-0.1, -0.05) is 158 Å². The van der Waals surface area contributed by atoms with Gasteiger partial charge in [0.2, 0.25) is 0 Å². The molecule has 0 fully saturated rings. The Morgan fingerprint density at radius 2 is 0.673 bits per heavy atom. The van der Waals surface area contributed by atoms with E-state index >= 15 is 0 Å². The summed E-state index contributed by atoms with van der Waals surface area (Å²) in [5.41, 5.74) is 13.3. The molecule has 0 aliphatic carbocycles. The first-order valence-corrected chi connectivity index (χ1v) is 16.9. The number of hydrogen-bond acceptors (Lipinski definition) is 1. The second-order valence-electron chi connectivity index (χ2n) is 12.9. The van der Waals surface area contributed by atoms with Crippen LogP contribution in [0, 0.1) is 0 Å². The fourth-order valence-corrected chi connectivity index (χ4v) is 7.90. The zero-order valence-electron chi connectivity index (χ0n) is 26.8. The van der Waals surface area contributed by atoms with E-state index in [9.17, 15) is 0 Å². The highest BCUT2D eigenvalue weighted by atomic mass is 15.1. The highest BCUT2D eigenvalue weighted by Gasteiger charge is 2.26. The molecule has 10 rings (SSSR count). The Kier molecular flexibility index (Phi) is 6.25. The maximum Gasteiger partial charge on any atom is 0.0546 e. The van der Waals surface area contributed by atoms with E-state index in [1.54, 1.807) is 0 Å². The highest BCUT2D eigenvalue weighted by Crippen LogP contribution is 2.51. The van der Waals surface area contributed by atoms with Crippen LogP contribution in [0.4, 0.5) is 17.1 Å². The minimum absolute atomic E-state index is 1.15. The summed E-state index contributed by atoms with van der Waals surface area (Å²) in [5, 5.41) is 7.80. The largest absolute Gasteiger partial charge is 0.309 e. The summed E-state index contributed by atoms with van der Waals surface area (Å²) >= 11 is 0. The molecule has 0 bridgehead atoms. The molecule has 228 valence electrons. The molecule has 0 radical (unpaired) electrons. The lowest BCUT2D eigenvalue weighted by Gasteiger charge is -2.27. The fraction of sp³-hybridized carbons (Fsp3) is 0. The molecular formula is C48H31N. The lowest BCUT2D eigenvalue weighted by Crippen LogP contribution is -2.10. The molecule has 1 heterocycles. The molecule has 0 atom stereocenters. The van der Waals surface area contributed by atoms with Crippen molar-refractivity contribution in [2.75, 3.05) is 4.90 Å². The minimum Gasteiger partial charge on any atom is -0.309 e. The molecule has 0 spiro atoms. The van der Waals surface area contributed by atoms with E-state index in [0.717, 1.165) is 5.69 Å². The van der Waals surface area contributed by atoms with Gasteiger partial charge in [-0.15, -0.1) is 0 Å². The third-order valence-electron chi connectivity index (χ3n) is 10.2. The Morgan fingerprint density at radius 3 is 1.31 bits per heavy atom. The van der Waals surface area contributed by atoms with Gasteiger partial charge in [-0.05, 0) is 96.0 Å². The Morgan fingerprint density at radius 1 is 0.245 bits per heavy atom. The van der Waals surface area contributed by atoms with Crippen molar-refractivity contribution in [1.29, 1.82) is 0 Å². The molecule has 0 saturated heterocycles. The molecule has 49 heavy (non-hydrogen) atoms. The van der Waals surface area contributed by atoms with E-state index in [-0.39, 0.29) is 0 Å². The Hall–Kier alpha value is -6.44. The fourth-order valence-electron chi connectivity index (χ4n) is 7.90. The number of anilines is 3. The van der Waals surface area contributed by atoms with Gasteiger partial charge in [0.05, 0.1) is 11.4 Å². The van der Waals surface area contributed by atoms with Gasteiger partial charge < -0.3 is 4.90 Å². The van der Waals surface area contributed by atoms with Gasteiger partial charge in [0, 0.05) is 16.8 Å². The van der Waals surface area contributed by atoms with Crippen LogP contribution in [0.5, 0.6) is 0 Å². The van der Waals surface area contributed by atoms with Crippen LogP contribution in [-0.2, 0) is 0 Å². The van der Waals surface area contributed by atoms with E-state index < -0.39 is 0 Å². The van der Waals surface area contributed by atoms with Crippen molar-refractivity contribution in [1.82, 2.24) is 0 Å². The van der Waals surface area contributed by atoms with Crippen LogP contribution >= 0.6 is 0 Å². The van der Waals surface area contributed by atoms with Gasteiger partial charge in [-0.2, -0.15) is 0 Å². The van der Waals surface area contributed by atoms with E-state index in [2.05, 4.69) is 193 Å². The molecule has 0 unspecified atom stereocenters. The van der Waals surface area contributed by atoms with Crippen LogP contribution in [0.1, 0.15) is 0 Å². The number of nitrogens with zero attached hydrogens (tertiary/aromatic N) is 1. The van der Waals surface area contributed by atoms with Gasteiger partial charge in [0.15, 0.2) is 0 Å². The van der Waals surface area contributed by atoms with Crippen molar-refractivity contribution in [2.45, 2.75) is 0 Å². The molecule has 1 aliphatic rings. The van der Waals surface area contributed by atoms with Gasteiger partial charge in [0.25, 0.3) is 0 Å². The number of rotatable bonds is 3. The first-order valence-electron chi connectivity index (χ1n) is 16.9. The number of fused-ring (bicyclic) bond motifs is 11.